The van der Waals surface area contributed by atoms with Gasteiger partial charge in [-0.1, -0.05) is 35.9 Å². The third-order valence-electron chi connectivity index (χ3n) is 3.99. The second-order valence-corrected chi connectivity index (χ2v) is 5.54. The van der Waals surface area contributed by atoms with Gasteiger partial charge in [0.15, 0.2) is 0 Å². The van der Waals surface area contributed by atoms with Crippen LogP contribution < -0.4 is 4.90 Å². The second-order valence-electron chi connectivity index (χ2n) is 5.54. The molecular formula is C18H19NO2. The molecule has 0 aromatic heterocycles. The summed E-state index contributed by atoms with van der Waals surface area (Å²) >= 11 is 0. The third kappa shape index (κ3) is 2.69. The summed E-state index contributed by atoms with van der Waals surface area (Å²) in [5, 5.41) is 10.2. The summed E-state index contributed by atoms with van der Waals surface area (Å²) in [4.78, 5) is 14.6. The molecule has 3 nitrogen and oxygen atoms in total. The Morgan fingerprint density at radius 3 is 2.62 bits per heavy atom. The maximum Gasteiger partial charge on any atom is 0.258 e. The van der Waals surface area contributed by atoms with Gasteiger partial charge in [-0.05, 0) is 38.0 Å². The molecule has 21 heavy (non-hydrogen) atoms. The maximum atomic E-state index is 12.8. The first-order valence-electron chi connectivity index (χ1n) is 7.32. The Labute approximate surface area is 124 Å². The van der Waals surface area contributed by atoms with Gasteiger partial charge in [-0.2, -0.15) is 0 Å². The van der Waals surface area contributed by atoms with E-state index in [9.17, 15) is 9.90 Å². The Hall–Kier alpha value is -2.13. The van der Waals surface area contributed by atoms with Crippen molar-refractivity contribution in [3.8, 4) is 0 Å². The number of nitrogens with zero attached hydrogens (tertiary/aromatic N) is 1. The van der Waals surface area contributed by atoms with E-state index in [0.29, 0.717) is 18.5 Å². The highest BCUT2D eigenvalue weighted by Gasteiger charge is 2.25. The molecule has 1 heterocycles. The first-order chi connectivity index (χ1) is 10.2. The standard InChI is InChI=1S/C18H19NO2/c1-13-8-10-14(11-9-13)18(21)19-12-4-7-17(20)15-5-2-3-6-16(15)19/h2-3,5-6,8-11,17,20H,4,7,12H2,1H3/t17-/m0/s1. The molecular weight excluding hydrogens is 262 g/mol. The molecule has 0 radical (unpaired) electrons. The number of aryl methyl sites for hydroxylation is 1. The number of amides is 1. The monoisotopic (exact) mass is 281 g/mol. The van der Waals surface area contributed by atoms with Crippen molar-refractivity contribution in [2.24, 2.45) is 0 Å². The Morgan fingerprint density at radius 2 is 1.86 bits per heavy atom. The van der Waals surface area contributed by atoms with Gasteiger partial charge in [0.1, 0.15) is 0 Å². The number of hydrogen-bond acceptors (Lipinski definition) is 2. The van der Waals surface area contributed by atoms with Crippen molar-refractivity contribution in [2.75, 3.05) is 11.4 Å². The number of para-hydroxylation sites is 1. The molecule has 1 aliphatic rings. The molecule has 2 aromatic rings. The van der Waals surface area contributed by atoms with Crippen LogP contribution in [0.3, 0.4) is 0 Å². The average molecular weight is 281 g/mol. The highest BCUT2D eigenvalue weighted by molar-refractivity contribution is 6.06. The van der Waals surface area contributed by atoms with Crippen LogP contribution in [0.15, 0.2) is 48.5 Å². The molecule has 3 heteroatoms. The maximum absolute atomic E-state index is 12.8. The van der Waals surface area contributed by atoms with Crippen molar-refractivity contribution in [2.45, 2.75) is 25.9 Å². The summed E-state index contributed by atoms with van der Waals surface area (Å²) < 4.78 is 0. The van der Waals surface area contributed by atoms with Crippen LogP contribution in [0, 0.1) is 6.92 Å². The lowest BCUT2D eigenvalue weighted by Gasteiger charge is -2.23. The van der Waals surface area contributed by atoms with Gasteiger partial charge < -0.3 is 10.0 Å². The normalized spacial score (nSPS) is 18.0. The van der Waals surface area contributed by atoms with Crippen molar-refractivity contribution in [3.63, 3.8) is 0 Å². The van der Waals surface area contributed by atoms with E-state index in [1.807, 2.05) is 55.5 Å². The van der Waals surface area contributed by atoms with Gasteiger partial charge in [0.05, 0.1) is 6.10 Å². The molecule has 0 unspecified atom stereocenters. The molecule has 1 aliphatic heterocycles. The highest BCUT2D eigenvalue weighted by Crippen LogP contribution is 2.33. The summed E-state index contributed by atoms with van der Waals surface area (Å²) in [6, 6.07) is 15.3. The Kier molecular flexibility index (Phi) is 3.76. The summed E-state index contributed by atoms with van der Waals surface area (Å²) in [6.45, 7) is 2.65. The van der Waals surface area contributed by atoms with E-state index in [4.69, 9.17) is 0 Å². The van der Waals surface area contributed by atoms with E-state index >= 15 is 0 Å². The number of carbonyl (C=O) groups is 1. The van der Waals surface area contributed by atoms with Crippen LogP contribution in [-0.4, -0.2) is 17.6 Å². The fraction of sp³-hybridized carbons (Fsp3) is 0.278. The lowest BCUT2D eigenvalue weighted by molar-refractivity contribution is 0.0986. The predicted octanol–water partition coefficient (Wildman–Crippen LogP) is 3.47. The van der Waals surface area contributed by atoms with Gasteiger partial charge in [-0.3, -0.25) is 4.79 Å². The van der Waals surface area contributed by atoms with E-state index in [0.717, 1.165) is 23.2 Å². The summed E-state index contributed by atoms with van der Waals surface area (Å²) in [6.07, 6.45) is 0.999. The zero-order chi connectivity index (χ0) is 14.8. The van der Waals surface area contributed by atoms with Crippen LogP contribution in [0.5, 0.6) is 0 Å². The van der Waals surface area contributed by atoms with E-state index in [1.165, 1.54) is 0 Å². The SMILES string of the molecule is Cc1ccc(C(=O)N2CCC[C@H](O)c3ccccc32)cc1. The lowest BCUT2D eigenvalue weighted by Crippen LogP contribution is -2.31. The fourth-order valence-corrected chi connectivity index (χ4v) is 2.80. The summed E-state index contributed by atoms with van der Waals surface area (Å²) in [5.74, 6) is -0.00319. The number of carbonyl (C=O) groups excluding carboxylic acids is 1. The minimum Gasteiger partial charge on any atom is -0.388 e. The zero-order valence-corrected chi connectivity index (χ0v) is 12.1. The number of aliphatic hydroxyl groups is 1. The Morgan fingerprint density at radius 1 is 1.14 bits per heavy atom. The van der Waals surface area contributed by atoms with Crippen LogP contribution >= 0.6 is 0 Å². The van der Waals surface area contributed by atoms with Gasteiger partial charge in [0.2, 0.25) is 0 Å². The highest BCUT2D eigenvalue weighted by atomic mass is 16.3. The number of rotatable bonds is 1. The predicted molar refractivity (Wildman–Crippen MR) is 83.5 cm³/mol. The van der Waals surface area contributed by atoms with E-state index in [2.05, 4.69) is 0 Å². The lowest BCUT2D eigenvalue weighted by atomic mass is 10.0. The zero-order valence-electron chi connectivity index (χ0n) is 12.1. The number of anilines is 1. The summed E-state index contributed by atoms with van der Waals surface area (Å²) in [5.41, 5.74) is 3.49. The van der Waals surface area contributed by atoms with Gasteiger partial charge in [-0.25, -0.2) is 0 Å². The first-order valence-corrected chi connectivity index (χ1v) is 7.32. The van der Waals surface area contributed by atoms with Crippen molar-refractivity contribution in [3.05, 3.63) is 65.2 Å². The molecule has 1 atom stereocenters. The largest absolute Gasteiger partial charge is 0.388 e. The molecule has 3 rings (SSSR count). The third-order valence-corrected chi connectivity index (χ3v) is 3.99. The number of benzene rings is 2. The smallest absolute Gasteiger partial charge is 0.258 e. The number of hydrogen-bond donors (Lipinski definition) is 1. The van der Waals surface area contributed by atoms with Gasteiger partial charge >= 0.3 is 0 Å². The summed E-state index contributed by atoms with van der Waals surface area (Å²) in [7, 11) is 0. The first kappa shape index (κ1) is 13.8. The molecule has 0 fully saturated rings. The molecule has 108 valence electrons. The second kappa shape index (κ2) is 5.70. The van der Waals surface area contributed by atoms with E-state index in [1.54, 1.807) is 4.90 Å². The average Bonchev–Trinajstić information content (AvgIpc) is 2.67. The van der Waals surface area contributed by atoms with E-state index in [-0.39, 0.29) is 5.91 Å². The van der Waals surface area contributed by atoms with E-state index < -0.39 is 6.10 Å². The van der Waals surface area contributed by atoms with Crippen molar-refractivity contribution < 1.29 is 9.90 Å². The fourth-order valence-electron chi connectivity index (χ4n) is 2.80. The minimum absolute atomic E-state index is 0.00319. The van der Waals surface area contributed by atoms with Crippen molar-refractivity contribution >= 4 is 11.6 Å². The van der Waals surface area contributed by atoms with Crippen molar-refractivity contribution in [1.82, 2.24) is 0 Å². The van der Waals surface area contributed by atoms with Gasteiger partial charge in [0.25, 0.3) is 5.91 Å². The molecule has 0 aliphatic carbocycles. The number of fused-ring (bicyclic) bond motifs is 1. The van der Waals surface area contributed by atoms with Crippen molar-refractivity contribution in [1.29, 1.82) is 0 Å². The topological polar surface area (TPSA) is 40.5 Å². The van der Waals surface area contributed by atoms with Crippen LogP contribution in [0.1, 0.15) is 40.4 Å². The molecule has 2 aromatic carbocycles. The molecule has 1 amide bonds. The Bertz CT molecular complexity index is 649. The molecule has 0 saturated heterocycles. The minimum atomic E-state index is -0.489. The molecule has 0 saturated carbocycles. The van der Waals surface area contributed by atoms with Crippen LogP contribution in [0.2, 0.25) is 0 Å². The Balaban J connectivity index is 1.99. The molecule has 0 bridgehead atoms. The van der Waals surface area contributed by atoms with Crippen LogP contribution in [0.25, 0.3) is 0 Å². The van der Waals surface area contributed by atoms with Gasteiger partial charge in [-0.15, -0.1) is 0 Å². The van der Waals surface area contributed by atoms with Gasteiger partial charge in [0, 0.05) is 23.4 Å². The molecule has 0 spiro atoms. The van der Waals surface area contributed by atoms with Crippen LogP contribution in [0.4, 0.5) is 5.69 Å². The van der Waals surface area contributed by atoms with Crippen LogP contribution in [-0.2, 0) is 0 Å². The molecule has 1 N–H and O–H groups in total. The number of aliphatic hydroxyl groups excluding tert-OH is 1. The quantitative estimate of drug-likeness (QED) is 0.869.